The molecule has 0 aliphatic heterocycles. The monoisotopic (exact) mass is 432 g/mol. The van der Waals surface area contributed by atoms with E-state index in [0.717, 1.165) is 29.6 Å². The first-order valence-corrected chi connectivity index (χ1v) is 11.6. The Labute approximate surface area is 177 Å². The lowest BCUT2D eigenvalue weighted by Gasteiger charge is -2.13. The Bertz CT molecular complexity index is 981. The molecular formula is C20H21ClN4OS2. The number of carbonyl (C=O) groups is 1. The molecule has 5 nitrogen and oxygen atoms in total. The lowest BCUT2D eigenvalue weighted by molar-refractivity contribution is -0.113. The third-order valence-corrected chi connectivity index (χ3v) is 7.10. The Hall–Kier alpha value is -1.83. The molecule has 0 radical (unpaired) electrons. The number of nitrogens with zero attached hydrogens (tertiary/aromatic N) is 3. The summed E-state index contributed by atoms with van der Waals surface area (Å²) in [7, 11) is 0. The summed E-state index contributed by atoms with van der Waals surface area (Å²) in [6, 6.07) is 7.09. The molecule has 4 rings (SSSR count). The average molecular weight is 433 g/mol. The van der Waals surface area contributed by atoms with Crippen molar-refractivity contribution < 1.29 is 4.79 Å². The van der Waals surface area contributed by atoms with Crippen LogP contribution in [0.25, 0.3) is 11.4 Å². The van der Waals surface area contributed by atoms with Crippen LogP contribution in [0.15, 0.2) is 34.8 Å². The number of thiophene rings is 1. The minimum atomic E-state index is -0.0764. The van der Waals surface area contributed by atoms with Gasteiger partial charge in [0.2, 0.25) is 5.91 Å². The fourth-order valence-electron chi connectivity index (χ4n) is 3.42. The molecule has 3 aromatic rings. The van der Waals surface area contributed by atoms with E-state index in [1.54, 1.807) is 24.3 Å². The van der Waals surface area contributed by atoms with Gasteiger partial charge in [0, 0.05) is 33.1 Å². The number of fused-ring (bicyclic) bond motifs is 1. The number of aromatic nitrogens is 3. The third kappa shape index (κ3) is 4.11. The molecule has 2 heterocycles. The van der Waals surface area contributed by atoms with Crippen LogP contribution in [0.1, 0.15) is 30.2 Å². The largest absolute Gasteiger partial charge is 0.325 e. The lowest BCUT2D eigenvalue weighted by Crippen LogP contribution is -2.14. The first-order chi connectivity index (χ1) is 13.7. The molecule has 0 saturated heterocycles. The minimum Gasteiger partial charge on any atom is -0.325 e. The number of halogens is 1. The van der Waals surface area contributed by atoms with E-state index in [4.69, 9.17) is 11.6 Å². The zero-order valence-corrected chi connectivity index (χ0v) is 18.0. The Morgan fingerprint density at radius 1 is 1.25 bits per heavy atom. The van der Waals surface area contributed by atoms with Gasteiger partial charge < -0.3 is 9.88 Å². The Morgan fingerprint density at radius 2 is 2.04 bits per heavy atom. The number of anilines is 1. The van der Waals surface area contributed by atoms with Crippen LogP contribution in [0.5, 0.6) is 0 Å². The van der Waals surface area contributed by atoms with Crippen molar-refractivity contribution in [3.05, 3.63) is 45.1 Å². The normalized spacial score (nSPS) is 13.4. The van der Waals surface area contributed by atoms with Gasteiger partial charge in [-0.05, 0) is 62.4 Å². The fraction of sp³-hybridized carbons (Fsp3) is 0.350. The Kier molecular flexibility index (Phi) is 6.04. The van der Waals surface area contributed by atoms with Crippen LogP contribution in [0, 0.1) is 0 Å². The molecule has 0 saturated carbocycles. The van der Waals surface area contributed by atoms with E-state index < -0.39 is 0 Å². The Balaban J connectivity index is 1.46. The summed E-state index contributed by atoms with van der Waals surface area (Å²) in [5.74, 6) is 1.12. The first kappa shape index (κ1) is 19.5. The zero-order valence-electron chi connectivity index (χ0n) is 15.6. The molecule has 0 unspecified atom stereocenters. The molecule has 0 fully saturated rings. The summed E-state index contributed by atoms with van der Waals surface area (Å²) in [4.78, 5) is 13.8. The third-order valence-electron chi connectivity index (χ3n) is 4.80. The van der Waals surface area contributed by atoms with Crippen LogP contribution in [0.4, 0.5) is 5.69 Å². The highest BCUT2D eigenvalue weighted by molar-refractivity contribution is 7.99. The molecule has 1 aliphatic carbocycles. The second kappa shape index (κ2) is 8.68. The second-order valence-corrected chi connectivity index (χ2v) is 9.00. The van der Waals surface area contributed by atoms with Crippen molar-refractivity contribution in [2.45, 2.75) is 44.3 Å². The van der Waals surface area contributed by atoms with Crippen molar-refractivity contribution in [2.75, 3.05) is 11.1 Å². The van der Waals surface area contributed by atoms with Crippen LogP contribution >= 0.6 is 34.7 Å². The van der Waals surface area contributed by atoms with Crippen molar-refractivity contribution in [1.82, 2.24) is 14.8 Å². The Morgan fingerprint density at radius 3 is 2.82 bits per heavy atom. The number of amides is 1. The SMILES string of the molecule is CCn1c(SCC(=O)Nc2ccc(Cl)cc2)nnc1-c1csc2c1CCCC2. The summed E-state index contributed by atoms with van der Waals surface area (Å²) in [6.07, 6.45) is 4.81. The highest BCUT2D eigenvalue weighted by Gasteiger charge is 2.22. The summed E-state index contributed by atoms with van der Waals surface area (Å²) in [5.41, 5.74) is 3.39. The van der Waals surface area contributed by atoms with Gasteiger partial charge in [-0.1, -0.05) is 23.4 Å². The van der Waals surface area contributed by atoms with E-state index in [-0.39, 0.29) is 11.7 Å². The van der Waals surface area contributed by atoms with E-state index in [0.29, 0.717) is 5.02 Å². The van der Waals surface area contributed by atoms with Crippen LogP contribution in [0.3, 0.4) is 0 Å². The van der Waals surface area contributed by atoms with Crippen LogP contribution < -0.4 is 5.32 Å². The van der Waals surface area contributed by atoms with Gasteiger partial charge in [0.25, 0.3) is 0 Å². The molecule has 0 atom stereocenters. The maximum atomic E-state index is 12.3. The first-order valence-electron chi connectivity index (χ1n) is 9.36. The molecule has 8 heteroatoms. The number of hydrogen-bond acceptors (Lipinski definition) is 5. The molecule has 0 spiro atoms. The predicted molar refractivity (Wildman–Crippen MR) is 116 cm³/mol. The van der Waals surface area contributed by atoms with Crippen molar-refractivity contribution in [3.63, 3.8) is 0 Å². The zero-order chi connectivity index (χ0) is 19.5. The molecular weight excluding hydrogens is 412 g/mol. The average Bonchev–Trinajstić information content (AvgIpc) is 3.31. The molecule has 1 aromatic carbocycles. The van der Waals surface area contributed by atoms with E-state index in [1.807, 2.05) is 11.3 Å². The molecule has 1 aliphatic rings. The smallest absolute Gasteiger partial charge is 0.234 e. The highest BCUT2D eigenvalue weighted by atomic mass is 35.5. The van der Waals surface area contributed by atoms with Crippen molar-refractivity contribution >= 4 is 46.3 Å². The lowest BCUT2D eigenvalue weighted by atomic mass is 9.96. The van der Waals surface area contributed by atoms with E-state index in [9.17, 15) is 4.79 Å². The number of benzene rings is 1. The molecule has 28 heavy (non-hydrogen) atoms. The van der Waals surface area contributed by atoms with Crippen LogP contribution in [-0.2, 0) is 24.2 Å². The maximum absolute atomic E-state index is 12.3. The summed E-state index contributed by atoms with van der Waals surface area (Å²) >= 11 is 9.12. The number of nitrogens with one attached hydrogen (secondary N) is 1. The topological polar surface area (TPSA) is 59.8 Å². The van der Waals surface area contributed by atoms with Gasteiger partial charge in [0.15, 0.2) is 11.0 Å². The molecule has 1 amide bonds. The maximum Gasteiger partial charge on any atom is 0.234 e. The van der Waals surface area contributed by atoms with Crippen molar-refractivity contribution in [3.8, 4) is 11.4 Å². The second-order valence-electron chi connectivity index (χ2n) is 6.65. The number of rotatable bonds is 6. The van der Waals surface area contributed by atoms with Crippen molar-refractivity contribution in [1.29, 1.82) is 0 Å². The van der Waals surface area contributed by atoms with Gasteiger partial charge in [-0.2, -0.15) is 0 Å². The van der Waals surface area contributed by atoms with E-state index in [2.05, 4.69) is 32.4 Å². The highest BCUT2D eigenvalue weighted by Crippen LogP contribution is 2.36. The minimum absolute atomic E-state index is 0.0764. The standard InChI is InChI=1S/C20H21ClN4OS2/c1-2-25-19(16-11-27-17-6-4-3-5-15(16)17)23-24-20(25)28-12-18(26)22-14-9-7-13(21)8-10-14/h7-11H,2-6,12H2,1H3,(H,22,26). The predicted octanol–water partition coefficient (Wildman–Crippen LogP) is 5.29. The summed E-state index contributed by atoms with van der Waals surface area (Å²) < 4.78 is 2.11. The summed E-state index contributed by atoms with van der Waals surface area (Å²) in [6.45, 7) is 2.86. The van der Waals surface area contributed by atoms with E-state index >= 15 is 0 Å². The van der Waals surface area contributed by atoms with Crippen LogP contribution in [0.2, 0.25) is 5.02 Å². The quantitative estimate of drug-likeness (QED) is 0.537. The van der Waals surface area contributed by atoms with Gasteiger partial charge in [-0.15, -0.1) is 21.5 Å². The molecule has 2 aromatic heterocycles. The molecule has 0 bridgehead atoms. The van der Waals surface area contributed by atoms with Crippen molar-refractivity contribution in [2.24, 2.45) is 0 Å². The summed E-state index contributed by atoms with van der Waals surface area (Å²) in [5, 5.41) is 15.3. The van der Waals surface area contributed by atoms with E-state index in [1.165, 1.54) is 47.0 Å². The molecule has 1 N–H and O–H groups in total. The molecule has 146 valence electrons. The number of aryl methyl sites for hydroxylation is 1. The van der Waals surface area contributed by atoms with Gasteiger partial charge in [0.1, 0.15) is 0 Å². The van der Waals surface area contributed by atoms with Gasteiger partial charge in [-0.25, -0.2) is 0 Å². The van der Waals surface area contributed by atoms with Crippen LogP contribution in [-0.4, -0.2) is 26.4 Å². The van der Waals surface area contributed by atoms with Gasteiger partial charge >= 0.3 is 0 Å². The number of carbonyl (C=O) groups excluding carboxylic acids is 1. The number of thioether (sulfide) groups is 1. The number of hydrogen-bond donors (Lipinski definition) is 1. The van der Waals surface area contributed by atoms with Gasteiger partial charge in [0.05, 0.1) is 5.75 Å². The van der Waals surface area contributed by atoms with Gasteiger partial charge in [-0.3, -0.25) is 4.79 Å². The fourth-order valence-corrected chi connectivity index (χ4v) is 5.47.